The zero-order valence-electron chi connectivity index (χ0n) is 8.27. The number of carboxylic acids is 1. The lowest BCUT2D eigenvalue weighted by molar-refractivity contribution is 0.0696. The molecule has 76 valence electrons. The molecule has 4 heteroatoms. The van der Waals surface area contributed by atoms with Gasteiger partial charge in [0.05, 0.1) is 11.3 Å². The molecule has 1 atom stereocenters. The van der Waals surface area contributed by atoms with Crippen molar-refractivity contribution >= 4 is 5.97 Å². The standard InChI is InChI=1S/C10H14N2O2/c1-6(2)9(11)8-4-3-7(5-12-8)10(13)14/h3-6,9H,11H2,1-2H3,(H,13,14)/t9-/m1/s1. The summed E-state index contributed by atoms with van der Waals surface area (Å²) in [5, 5.41) is 8.65. The van der Waals surface area contributed by atoms with Gasteiger partial charge in [0, 0.05) is 12.2 Å². The fourth-order valence-corrected chi connectivity index (χ4v) is 1.07. The van der Waals surface area contributed by atoms with Crippen molar-refractivity contribution in [3.05, 3.63) is 29.6 Å². The maximum absolute atomic E-state index is 10.5. The molecule has 1 aromatic rings. The number of hydrogen-bond donors (Lipinski definition) is 2. The molecule has 4 nitrogen and oxygen atoms in total. The maximum Gasteiger partial charge on any atom is 0.337 e. The van der Waals surface area contributed by atoms with Gasteiger partial charge in [-0.25, -0.2) is 4.79 Å². The molecule has 0 fully saturated rings. The van der Waals surface area contributed by atoms with Crippen molar-refractivity contribution in [2.75, 3.05) is 0 Å². The first-order valence-corrected chi connectivity index (χ1v) is 4.47. The summed E-state index contributed by atoms with van der Waals surface area (Å²) < 4.78 is 0. The van der Waals surface area contributed by atoms with Crippen LogP contribution in [0, 0.1) is 5.92 Å². The van der Waals surface area contributed by atoms with E-state index in [9.17, 15) is 4.79 Å². The third-order valence-corrected chi connectivity index (χ3v) is 2.09. The smallest absolute Gasteiger partial charge is 0.337 e. The molecule has 0 aliphatic rings. The largest absolute Gasteiger partial charge is 0.478 e. The van der Waals surface area contributed by atoms with Crippen molar-refractivity contribution in [1.82, 2.24) is 4.98 Å². The first-order valence-electron chi connectivity index (χ1n) is 4.47. The van der Waals surface area contributed by atoms with Crippen molar-refractivity contribution in [3.63, 3.8) is 0 Å². The summed E-state index contributed by atoms with van der Waals surface area (Å²) in [6.07, 6.45) is 1.33. The summed E-state index contributed by atoms with van der Waals surface area (Å²) in [6.45, 7) is 3.99. The molecule has 0 aliphatic carbocycles. The van der Waals surface area contributed by atoms with Crippen LogP contribution in [0.1, 0.15) is 35.9 Å². The highest BCUT2D eigenvalue weighted by atomic mass is 16.4. The van der Waals surface area contributed by atoms with Gasteiger partial charge in [0.25, 0.3) is 0 Å². The number of nitrogens with two attached hydrogens (primary N) is 1. The Morgan fingerprint density at radius 2 is 2.14 bits per heavy atom. The maximum atomic E-state index is 10.5. The summed E-state index contributed by atoms with van der Waals surface area (Å²) in [7, 11) is 0. The molecular formula is C10H14N2O2. The monoisotopic (exact) mass is 194 g/mol. The van der Waals surface area contributed by atoms with Crippen LogP contribution < -0.4 is 5.73 Å². The van der Waals surface area contributed by atoms with Crippen LogP contribution >= 0.6 is 0 Å². The lowest BCUT2D eigenvalue weighted by atomic mass is 10.0. The van der Waals surface area contributed by atoms with E-state index in [0.29, 0.717) is 0 Å². The van der Waals surface area contributed by atoms with Gasteiger partial charge in [0.2, 0.25) is 0 Å². The molecule has 3 N–H and O–H groups in total. The third kappa shape index (κ3) is 2.29. The number of hydrogen-bond acceptors (Lipinski definition) is 3. The second kappa shape index (κ2) is 4.19. The molecule has 1 rings (SSSR count). The van der Waals surface area contributed by atoms with Crippen molar-refractivity contribution < 1.29 is 9.90 Å². The van der Waals surface area contributed by atoms with Crippen molar-refractivity contribution in [1.29, 1.82) is 0 Å². The summed E-state index contributed by atoms with van der Waals surface area (Å²) >= 11 is 0. The third-order valence-electron chi connectivity index (χ3n) is 2.09. The molecule has 0 amide bonds. The molecule has 1 heterocycles. The predicted molar refractivity (Wildman–Crippen MR) is 53.0 cm³/mol. The number of aromatic nitrogens is 1. The number of aromatic carboxylic acids is 1. The molecule has 1 aromatic heterocycles. The van der Waals surface area contributed by atoms with E-state index < -0.39 is 5.97 Å². The molecule has 0 spiro atoms. The number of rotatable bonds is 3. The molecule has 0 bridgehead atoms. The molecule has 0 aliphatic heterocycles. The molecule has 0 saturated heterocycles. The Balaban J connectivity index is 2.88. The number of carboxylic acid groups (broad SMARTS) is 1. The molecule has 0 aromatic carbocycles. The summed E-state index contributed by atoms with van der Waals surface area (Å²) in [5.74, 6) is -0.680. The van der Waals surface area contributed by atoms with Crippen LogP contribution in [-0.4, -0.2) is 16.1 Å². The first-order chi connectivity index (χ1) is 6.52. The van der Waals surface area contributed by atoms with E-state index in [0.717, 1.165) is 5.69 Å². The van der Waals surface area contributed by atoms with Gasteiger partial charge in [-0.3, -0.25) is 4.98 Å². The van der Waals surface area contributed by atoms with Gasteiger partial charge >= 0.3 is 5.97 Å². The molecule has 0 saturated carbocycles. The highest BCUT2D eigenvalue weighted by molar-refractivity contribution is 5.87. The Labute approximate surface area is 82.8 Å². The van der Waals surface area contributed by atoms with Crippen molar-refractivity contribution in [2.24, 2.45) is 11.7 Å². The SMILES string of the molecule is CC(C)[C@@H](N)c1ccc(C(=O)O)cn1. The fourth-order valence-electron chi connectivity index (χ4n) is 1.07. The number of pyridine rings is 1. The van der Waals surface area contributed by atoms with Crippen LogP contribution in [0.4, 0.5) is 0 Å². The second-order valence-corrected chi connectivity index (χ2v) is 3.55. The lowest BCUT2D eigenvalue weighted by Gasteiger charge is -2.14. The predicted octanol–water partition coefficient (Wildman–Crippen LogP) is 1.44. The Morgan fingerprint density at radius 1 is 1.50 bits per heavy atom. The van der Waals surface area contributed by atoms with E-state index in [2.05, 4.69) is 4.98 Å². The van der Waals surface area contributed by atoms with Gasteiger partial charge in [0.1, 0.15) is 0 Å². The van der Waals surface area contributed by atoms with E-state index in [1.807, 2.05) is 13.8 Å². The van der Waals surface area contributed by atoms with Gasteiger partial charge < -0.3 is 10.8 Å². The Bertz CT molecular complexity index is 319. The van der Waals surface area contributed by atoms with Crippen LogP contribution in [0.2, 0.25) is 0 Å². The Kier molecular flexibility index (Phi) is 3.19. The Hall–Kier alpha value is -1.42. The second-order valence-electron chi connectivity index (χ2n) is 3.55. The van der Waals surface area contributed by atoms with Gasteiger partial charge in [-0.2, -0.15) is 0 Å². The highest BCUT2D eigenvalue weighted by Gasteiger charge is 2.12. The van der Waals surface area contributed by atoms with Crippen LogP contribution in [0.15, 0.2) is 18.3 Å². The Morgan fingerprint density at radius 3 is 2.50 bits per heavy atom. The molecule has 0 radical (unpaired) electrons. The van der Waals surface area contributed by atoms with Gasteiger partial charge in [0.15, 0.2) is 0 Å². The average Bonchev–Trinajstić information content (AvgIpc) is 2.16. The number of nitrogens with zero attached hydrogens (tertiary/aromatic N) is 1. The fraction of sp³-hybridized carbons (Fsp3) is 0.400. The van der Waals surface area contributed by atoms with Gasteiger partial charge in [-0.05, 0) is 18.1 Å². The summed E-state index contributed by atoms with van der Waals surface area (Å²) in [5.41, 5.74) is 6.77. The van der Waals surface area contributed by atoms with Crippen LogP contribution in [0.3, 0.4) is 0 Å². The zero-order valence-corrected chi connectivity index (χ0v) is 8.27. The van der Waals surface area contributed by atoms with E-state index in [1.54, 1.807) is 6.07 Å². The molecular weight excluding hydrogens is 180 g/mol. The van der Waals surface area contributed by atoms with E-state index >= 15 is 0 Å². The quantitative estimate of drug-likeness (QED) is 0.763. The average molecular weight is 194 g/mol. The van der Waals surface area contributed by atoms with E-state index in [4.69, 9.17) is 10.8 Å². The normalized spacial score (nSPS) is 12.9. The summed E-state index contributed by atoms with van der Waals surface area (Å²) in [4.78, 5) is 14.6. The molecule has 14 heavy (non-hydrogen) atoms. The van der Waals surface area contributed by atoms with E-state index in [1.165, 1.54) is 12.3 Å². The number of carbonyl (C=O) groups is 1. The van der Waals surface area contributed by atoms with Crippen molar-refractivity contribution in [2.45, 2.75) is 19.9 Å². The lowest BCUT2D eigenvalue weighted by Crippen LogP contribution is -2.18. The van der Waals surface area contributed by atoms with Crippen LogP contribution in [0.5, 0.6) is 0 Å². The zero-order chi connectivity index (χ0) is 10.7. The van der Waals surface area contributed by atoms with Gasteiger partial charge in [-0.15, -0.1) is 0 Å². The topological polar surface area (TPSA) is 76.2 Å². The first kappa shape index (κ1) is 10.7. The minimum atomic E-state index is -0.970. The van der Waals surface area contributed by atoms with Crippen LogP contribution in [0.25, 0.3) is 0 Å². The minimum Gasteiger partial charge on any atom is -0.478 e. The minimum absolute atomic E-state index is 0.141. The summed E-state index contributed by atoms with van der Waals surface area (Å²) in [6, 6.07) is 3.04. The van der Waals surface area contributed by atoms with Gasteiger partial charge in [-0.1, -0.05) is 13.8 Å². The van der Waals surface area contributed by atoms with Crippen molar-refractivity contribution in [3.8, 4) is 0 Å². The van der Waals surface area contributed by atoms with Crippen LogP contribution in [-0.2, 0) is 0 Å². The van der Waals surface area contributed by atoms with E-state index in [-0.39, 0.29) is 17.5 Å². The highest BCUT2D eigenvalue weighted by Crippen LogP contribution is 2.16. The molecule has 0 unspecified atom stereocenters.